The minimum absolute atomic E-state index is 0.625. The third-order valence-corrected chi connectivity index (χ3v) is 3.38. The molecule has 3 rings (SSSR count). The van der Waals surface area contributed by atoms with E-state index in [2.05, 4.69) is 24.4 Å². The molecule has 1 aliphatic heterocycles. The number of hydrogen-bond acceptors (Lipinski definition) is 3. The van der Waals surface area contributed by atoms with Crippen LogP contribution in [-0.2, 0) is 13.1 Å². The topological polar surface area (TPSA) is 47.7 Å². The molecule has 1 aliphatic rings. The first-order valence-electron chi connectivity index (χ1n) is 6.10. The smallest absolute Gasteiger partial charge is 0.0948 e. The maximum atomic E-state index is 4.28. The molecule has 2 aromatic heterocycles. The third kappa shape index (κ3) is 2.24. The molecule has 0 bridgehead atoms. The van der Waals surface area contributed by atoms with Crippen LogP contribution in [0.4, 0.5) is 0 Å². The molecule has 0 spiro atoms. The summed E-state index contributed by atoms with van der Waals surface area (Å²) in [5, 5.41) is 3.40. The molecule has 0 aromatic carbocycles. The average Bonchev–Trinajstić information content (AvgIpc) is 3.09. The van der Waals surface area contributed by atoms with Gasteiger partial charge in [0, 0.05) is 49.8 Å². The fourth-order valence-electron chi connectivity index (χ4n) is 2.41. The summed E-state index contributed by atoms with van der Waals surface area (Å²) in [6.45, 7) is 4.11. The van der Waals surface area contributed by atoms with Crippen molar-refractivity contribution in [3.8, 4) is 0 Å². The normalized spacial score (nSPS) is 19.9. The van der Waals surface area contributed by atoms with Gasteiger partial charge in [0.15, 0.2) is 0 Å². The summed E-state index contributed by atoms with van der Waals surface area (Å²) in [6.07, 6.45) is 10.8. The van der Waals surface area contributed by atoms with Crippen LogP contribution in [-0.4, -0.2) is 32.2 Å². The van der Waals surface area contributed by atoms with Gasteiger partial charge in [-0.25, -0.2) is 9.97 Å². The van der Waals surface area contributed by atoms with Crippen molar-refractivity contribution in [2.45, 2.75) is 25.4 Å². The Morgan fingerprint density at radius 3 is 3.06 bits per heavy atom. The van der Waals surface area contributed by atoms with E-state index in [1.807, 2.05) is 31.2 Å². The Balaban J connectivity index is 1.68. The Morgan fingerprint density at radius 1 is 1.29 bits per heavy atom. The van der Waals surface area contributed by atoms with E-state index in [4.69, 9.17) is 0 Å². The molecule has 0 aliphatic carbocycles. The first-order valence-corrected chi connectivity index (χ1v) is 6.10. The Bertz CT molecular complexity index is 453. The van der Waals surface area contributed by atoms with Gasteiger partial charge in [0.05, 0.1) is 12.7 Å². The number of nitrogens with one attached hydrogen (secondary N) is 1. The molecule has 5 nitrogen and oxygen atoms in total. The molecule has 0 radical (unpaired) electrons. The van der Waals surface area contributed by atoms with E-state index < -0.39 is 0 Å². The summed E-state index contributed by atoms with van der Waals surface area (Å²) in [6, 6.07) is 0. The average molecular weight is 231 g/mol. The Morgan fingerprint density at radius 2 is 2.29 bits per heavy atom. The first kappa shape index (κ1) is 10.5. The number of imidazole rings is 2. The van der Waals surface area contributed by atoms with Gasteiger partial charge >= 0.3 is 0 Å². The Kier molecular flexibility index (Phi) is 2.92. The van der Waals surface area contributed by atoms with Crippen molar-refractivity contribution >= 4 is 0 Å². The minimum atomic E-state index is 0.625. The zero-order valence-electron chi connectivity index (χ0n) is 9.79. The largest absolute Gasteiger partial charge is 0.336 e. The van der Waals surface area contributed by atoms with E-state index in [9.17, 15) is 0 Å². The van der Waals surface area contributed by atoms with Crippen LogP contribution in [0.5, 0.6) is 0 Å². The highest BCUT2D eigenvalue weighted by molar-refractivity contribution is 5.09. The molecule has 90 valence electrons. The molecule has 1 atom stereocenters. The van der Waals surface area contributed by atoms with Crippen LogP contribution in [0.1, 0.15) is 18.0 Å². The summed E-state index contributed by atoms with van der Waals surface area (Å²) in [5.74, 6) is 0.625. The van der Waals surface area contributed by atoms with E-state index in [1.165, 1.54) is 12.1 Å². The van der Waals surface area contributed by atoms with Crippen molar-refractivity contribution in [1.82, 2.24) is 24.4 Å². The number of aryl methyl sites for hydroxylation is 2. The second-order valence-corrected chi connectivity index (χ2v) is 4.50. The SMILES string of the molecule is c1cn(CCn2cncc2C2CCNC2)cn1. The van der Waals surface area contributed by atoms with Crippen molar-refractivity contribution in [2.24, 2.45) is 0 Å². The molecule has 2 aromatic rings. The summed E-state index contributed by atoms with van der Waals surface area (Å²) in [5.41, 5.74) is 1.36. The fourth-order valence-corrected chi connectivity index (χ4v) is 2.41. The summed E-state index contributed by atoms with van der Waals surface area (Å²) < 4.78 is 4.36. The maximum Gasteiger partial charge on any atom is 0.0948 e. The molecule has 3 heterocycles. The third-order valence-electron chi connectivity index (χ3n) is 3.38. The molecule has 0 saturated carbocycles. The molecular formula is C12H17N5. The highest BCUT2D eigenvalue weighted by Gasteiger charge is 2.19. The molecule has 1 N–H and O–H groups in total. The zero-order chi connectivity index (χ0) is 11.5. The maximum absolute atomic E-state index is 4.28. The standard InChI is InChI=1S/C12H17N5/c1-2-13-7-11(1)12-8-15-10-17(12)6-5-16-4-3-14-9-16/h3-4,8-11,13H,1-2,5-7H2. The highest BCUT2D eigenvalue weighted by atomic mass is 15.1. The number of hydrogen-bond donors (Lipinski definition) is 1. The first-order chi connectivity index (χ1) is 8.43. The van der Waals surface area contributed by atoms with Crippen molar-refractivity contribution in [2.75, 3.05) is 13.1 Å². The van der Waals surface area contributed by atoms with Crippen LogP contribution >= 0.6 is 0 Å². The van der Waals surface area contributed by atoms with Crippen molar-refractivity contribution in [3.05, 3.63) is 36.9 Å². The molecule has 1 fully saturated rings. The predicted molar refractivity (Wildman–Crippen MR) is 64.7 cm³/mol. The predicted octanol–water partition coefficient (Wildman–Crippen LogP) is 0.857. The lowest BCUT2D eigenvalue weighted by Gasteiger charge is -2.12. The lowest BCUT2D eigenvalue weighted by molar-refractivity contribution is 0.544. The van der Waals surface area contributed by atoms with Gasteiger partial charge in [-0.05, 0) is 13.0 Å². The van der Waals surface area contributed by atoms with E-state index in [0.717, 1.165) is 26.2 Å². The van der Waals surface area contributed by atoms with Crippen LogP contribution in [0, 0.1) is 0 Å². The molecular weight excluding hydrogens is 214 g/mol. The van der Waals surface area contributed by atoms with Crippen LogP contribution in [0.3, 0.4) is 0 Å². The second-order valence-electron chi connectivity index (χ2n) is 4.50. The van der Waals surface area contributed by atoms with E-state index >= 15 is 0 Å². The summed E-state index contributed by atoms with van der Waals surface area (Å²) in [7, 11) is 0. The molecule has 1 unspecified atom stereocenters. The number of nitrogens with zero attached hydrogens (tertiary/aromatic N) is 4. The van der Waals surface area contributed by atoms with Gasteiger partial charge < -0.3 is 14.5 Å². The van der Waals surface area contributed by atoms with Gasteiger partial charge in [0.1, 0.15) is 0 Å². The second kappa shape index (κ2) is 4.71. The lowest BCUT2D eigenvalue weighted by Crippen LogP contribution is -2.13. The monoisotopic (exact) mass is 231 g/mol. The number of rotatable bonds is 4. The molecule has 1 saturated heterocycles. The Labute approximate surface area is 100 Å². The molecule has 0 amide bonds. The number of aromatic nitrogens is 4. The van der Waals surface area contributed by atoms with Gasteiger partial charge in [-0.1, -0.05) is 0 Å². The molecule has 5 heteroatoms. The van der Waals surface area contributed by atoms with Gasteiger partial charge in [-0.15, -0.1) is 0 Å². The van der Waals surface area contributed by atoms with E-state index in [-0.39, 0.29) is 0 Å². The van der Waals surface area contributed by atoms with Gasteiger partial charge in [0.2, 0.25) is 0 Å². The van der Waals surface area contributed by atoms with Crippen LogP contribution in [0.25, 0.3) is 0 Å². The lowest BCUT2D eigenvalue weighted by atomic mass is 10.1. The zero-order valence-corrected chi connectivity index (χ0v) is 9.79. The van der Waals surface area contributed by atoms with Crippen molar-refractivity contribution in [3.63, 3.8) is 0 Å². The van der Waals surface area contributed by atoms with E-state index in [1.54, 1.807) is 0 Å². The summed E-state index contributed by atoms with van der Waals surface area (Å²) >= 11 is 0. The fraction of sp³-hybridized carbons (Fsp3) is 0.500. The quantitative estimate of drug-likeness (QED) is 0.849. The summed E-state index contributed by atoms with van der Waals surface area (Å²) in [4.78, 5) is 8.33. The van der Waals surface area contributed by atoms with Crippen molar-refractivity contribution < 1.29 is 0 Å². The highest BCUT2D eigenvalue weighted by Crippen LogP contribution is 2.21. The minimum Gasteiger partial charge on any atom is -0.336 e. The molecule has 17 heavy (non-hydrogen) atoms. The van der Waals surface area contributed by atoms with Crippen molar-refractivity contribution in [1.29, 1.82) is 0 Å². The van der Waals surface area contributed by atoms with Gasteiger partial charge in [-0.2, -0.15) is 0 Å². The van der Waals surface area contributed by atoms with Gasteiger partial charge in [0.25, 0.3) is 0 Å². The van der Waals surface area contributed by atoms with Crippen LogP contribution in [0.2, 0.25) is 0 Å². The Hall–Kier alpha value is -1.62. The van der Waals surface area contributed by atoms with Gasteiger partial charge in [-0.3, -0.25) is 0 Å². The van der Waals surface area contributed by atoms with E-state index in [0.29, 0.717) is 5.92 Å². The van der Waals surface area contributed by atoms with Crippen LogP contribution < -0.4 is 5.32 Å². The van der Waals surface area contributed by atoms with Crippen LogP contribution in [0.15, 0.2) is 31.2 Å².